The molecule has 4 heteroatoms. The number of carbonyl (C=O) groups excluding carboxylic acids is 2. The number of benzene rings is 1. The van der Waals surface area contributed by atoms with Crippen LogP contribution in [0.25, 0.3) is 0 Å². The molecule has 0 aliphatic carbocycles. The van der Waals surface area contributed by atoms with Crippen molar-refractivity contribution >= 4 is 39.1 Å². The zero-order valence-electron chi connectivity index (χ0n) is 8.81. The molecule has 0 saturated carbocycles. The summed E-state index contributed by atoms with van der Waals surface area (Å²) >= 11 is 0. The van der Waals surface area contributed by atoms with Crippen molar-refractivity contribution in [3.05, 3.63) is 35.9 Å². The second kappa shape index (κ2) is 7.56. The fourth-order valence-corrected chi connectivity index (χ4v) is 1.09. The topological polar surface area (TPSA) is 52.0 Å². The Balaban J connectivity index is 0.00000196. The van der Waals surface area contributed by atoms with Crippen LogP contribution in [0.2, 0.25) is 0 Å². The zero-order valence-corrected chi connectivity index (χ0v) is 14.3. The summed E-state index contributed by atoms with van der Waals surface area (Å²) in [6.07, 6.45) is 0.0395. The van der Waals surface area contributed by atoms with Crippen LogP contribution in [0.4, 0.5) is 0 Å². The molecular weight excluding hydrogens is 385 g/mol. The summed E-state index contributed by atoms with van der Waals surface area (Å²) in [5.74, 6) is -0.0506. The van der Waals surface area contributed by atoms with Gasteiger partial charge in [0.1, 0.15) is 0 Å². The van der Waals surface area contributed by atoms with E-state index in [-0.39, 0.29) is 45.5 Å². The van der Waals surface area contributed by atoms with Gasteiger partial charge in [0.2, 0.25) is 6.42 Å². The first kappa shape index (κ1) is 14.3. The monoisotopic (exact) mass is 400 g/mol. The molecule has 2 N–H and O–H groups in total. The fraction of sp³-hybridized carbons (Fsp3) is 0.273. The Labute approximate surface area is 109 Å². The molecule has 0 unspecified atom stereocenters. The van der Waals surface area contributed by atoms with Gasteiger partial charge in [0.05, 0.1) is 5.56 Å². The number of ketones is 1. The van der Waals surface area contributed by atoms with Crippen molar-refractivity contribution in [2.45, 2.75) is 13.3 Å². The van der Waals surface area contributed by atoms with Gasteiger partial charge < -0.3 is 9.53 Å². The Bertz CT molecular complexity index is 322. The minimum absolute atomic E-state index is 0. The van der Waals surface area contributed by atoms with Gasteiger partial charge in [-0.1, -0.05) is 18.2 Å². The van der Waals surface area contributed by atoms with E-state index >= 15 is 0 Å². The van der Waals surface area contributed by atoms with Gasteiger partial charge in [-0.3, -0.25) is 4.79 Å². The van der Waals surface area contributed by atoms with E-state index in [2.05, 4.69) is 0 Å². The molecule has 1 aromatic carbocycles. The van der Waals surface area contributed by atoms with E-state index in [0.29, 0.717) is 12.2 Å². The van der Waals surface area contributed by atoms with Crippen molar-refractivity contribution in [3.8, 4) is 0 Å². The second-order valence-electron chi connectivity index (χ2n) is 2.82. The molecule has 1 rings (SSSR count). The Hall–Kier alpha value is -0.718. The van der Waals surface area contributed by atoms with Gasteiger partial charge in [0, 0.05) is 0 Å². The summed E-state index contributed by atoms with van der Waals surface area (Å²) in [6, 6.07) is 9.05. The van der Waals surface area contributed by atoms with Crippen molar-refractivity contribution in [3.63, 3.8) is 0 Å². The molecule has 1 aromatic rings. The average Bonchev–Trinajstić information content (AvgIpc) is 2.19. The van der Waals surface area contributed by atoms with E-state index < -0.39 is 0 Å². The molecule has 1 radical (unpaired) electrons. The molecule has 0 aliphatic heterocycles. The predicted octanol–water partition coefficient (Wildman–Crippen LogP) is 0.860. The molecule has 3 nitrogen and oxygen atoms in total. The molecule has 0 fully saturated rings. The van der Waals surface area contributed by atoms with Crippen molar-refractivity contribution in [1.29, 1.82) is 0 Å². The molecule has 0 saturated heterocycles. The van der Waals surface area contributed by atoms with Gasteiger partial charge in [0.15, 0.2) is 6.61 Å². The van der Waals surface area contributed by atoms with Crippen LogP contribution < -0.4 is 0 Å². The van der Waals surface area contributed by atoms with E-state index in [1.165, 1.54) is 0 Å². The molecule has 15 heavy (non-hydrogen) atoms. The van der Waals surface area contributed by atoms with E-state index in [4.69, 9.17) is 4.74 Å². The number of ether oxygens (including phenoxy) is 1. The summed E-state index contributed by atoms with van der Waals surface area (Å²) in [6.45, 7) is 2.17. The van der Waals surface area contributed by atoms with Crippen molar-refractivity contribution in [2.75, 3.05) is 6.61 Å². The van der Waals surface area contributed by atoms with E-state index in [0.717, 1.165) is 0 Å². The molecule has 0 aliphatic rings. The maximum absolute atomic E-state index is 9.57. The Kier molecular flexibility index (Phi) is 7.20. The first-order chi connectivity index (χ1) is 6.74. The van der Waals surface area contributed by atoms with Crippen molar-refractivity contribution in [2.24, 2.45) is 0 Å². The van der Waals surface area contributed by atoms with Crippen LogP contribution in [0.15, 0.2) is 30.3 Å². The first-order valence-electron chi connectivity index (χ1n) is 4.51. The summed E-state index contributed by atoms with van der Waals surface area (Å²) in [5, 5.41) is 0. The van der Waals surface area contributed by atoms with Crippen LogP contribution in [0.3, 0.4) is 0 Å². The van der Waals surface area contributed by atoms with Gasteiger partial charge in [-0.15, -0.1) is 0 Å². The standard InChI is InChI=1S/C11H12O3.Tl.H/c1-2-14-11(13)8-10(12)9-6-4-3-5-7-9;;/h3-7H,2,8H2,1H3;;/p+2. The molecule has 0 atom stereocenters. The number of esters is 1. The van der Waals surface area contributed by atoms with Crippen LogP contribution >= 0.6 is 0 Å². The zero-order chi connectivity index (χ0) is 10.4. The molecular formula is C11H15O3Tl+2. The van der Waals surface area contributed by atoms with E-state index in [9.17, 15) is 9.59 Å². The summed E-state index contributed by atoms with van der Waals surface area (Å²) in [4.78, 5) is 18.8. The second-order valence-corrected chi connectivity index (χ2v) is 2.82. The molecule has 0 bridgehead atoms. The summed E-state index contributed by atoms with van der Waals surface area (Å²) < 4.78 is 4.83. The van der Waals surface area contributed by atoms with Gasteiger partial charge in [-0.2, -0.15) is 0 Å². The van der Waals surface area contributed by atoms with E-state index in [1.807, 2.05) is 18.2 Å². The van der Waals surface area contributed by atoms with Crippen molar-refractivity contribution < 1.29 is 14.3 Å². The third-order valence-corrected chi connectivity index (χ3v) is 1.74. The summed E-state index contributed by atoms with van der Waals surface area (Å²) in [7, 11) is 0. The van der Waals surface area contributed by atoms with Crippen LogP contribution in [0.1, 0.15) is 18.9 Å². The summed E-state index contributed by atoms with van der Waals surface area (Å²) in [5.41, 5.74) is 0.693. The Morgan fingerprint density at radius 2 is 1.80 bits per heavy atom. The SMILES string of the molecule is CCOC(=[OH+])CC(=[OH+])c1ccccc1.[TlH]. The Morgan fingerprint density at radius 1 is 1.20 bits per heavy atom. The van der Waals surface area contributed by atoms with Gasteiger partial charge >= 0.3 is 39.1 Å². The van der Waals surface area contributed by atoms with Crippen molar-refractivity contribution in [1.82, 2.24) is 0 Å². The number of hydrogen-bond donors (Lipinski definition) is 0. The fourth-order valence-electron chi connectivity index (χ4n) is 1.09. The van der Waals surface area contributed by atoms with Gasteiger partial charge in [-0.05, 0) is 19.1 Å². The molecule has 0 spiro atoms. The predicted molar refractivity (Wildman–Crippen MR) is 62.8 cm³/mol. The van der Waals surface area contributed by atoms with Crippen LogP contribution in [-0.4, -0.2) is 55.2 Å². The quantitative estimate of drug-likeness (QED) is 0.244. The van der Waals surface area contributed by atoms with Crippen LogP contribution in [0, 0.1) is 0 Å². The number of rotatable bonds is 4. The minimum atomic E-state index is -0.158. The van der Waals surface area contributed by atoms with Gasteiger partial charge in [0.25, 0.3) is 0 Å². The normalized spacial score (nSPS) is 8.87. The first-order valence-corrected chi connectivity index (χ1v) is 4.51. The van der Waals surface area contributed by atoms with Crippen LogP contribution in [-0.2, 0) is 4.74 Å². The molecule has 78 valence electrons. The Morgan fingerprint density at radius 3 is 2.33 bits per heavy atom. The molecule has 0 amide bonds. The van der Waals surface area contributed by atoms with Gasteiger partial charge in [-0.25, -0.2) is 0 Å². The third kappa shape index (κ3) is 5.06. The average molecular weight is 400 g/mol. The van der Waals surface area contributed by atoms with Crippen LogP contribution in [0.5, 0.6) is 0 Å². The molecule has 0 aromatic heterocycles. The molecule has 0 heterocycles. The van der Waals surface area contributed by atoms with E-state index in [1.54, 1.807) is 19.1 Å². The third-order valence-electron chi connectivity index (χ3n) is 1.74. The maximum atomic E-state index is 9.57. The number of hydrogen-bond acceptors (Lipinski definition) is 1.